The van der Waals surface area contributed by atoms with Crippen molar-refractivity contribution in [1.82, 2.24) is 10.2 Å². The Morgan fingerprint density at radius 3 is 1.61 bits per heavy atom. The molecule has 2 aliphatic rings. The zero-order valence-corrected chi connectivity index (χ0v) is 21.2. The van der Waals surface area contributed by atoms with Crippen molar-refractivity contribution in [2.45, 2.75) is 71.6 Å². The van der Waals surface area contributed by atoms with E-state index in [0.29, 0.717) is 0 Å². The van der Waals surface area contributed by atoms with Crippen LogP contribution in [0, 0.1) is 0 Å². The lowest BCUT2D eigenvalue weighted by molar-refractivity contribution is 0.0986. The van der Waals surface area contributed by atoms with E-state index >= 15 is 0 Å². The lowest BCUT2D eigenvalue weighted by atomic mass is 10.0. The second-order valence-corrected chi connectivity index (χ2v) is 12.9. The molecule has 170 valence electrons. The number of hydrogen-bond acceptors (Lipinski definition) is 7. The molecule has 0 fully saturated rings. The van der Waals surface area contributed by atoms with E-state index in [9.17, 15) is 9.59 Å². The molecule has 1 heterocycles. The number of hydrogen-bond donors (Lipinski definition) is 0. The molecular weight excluding hydrogens is 468 g/mol. The maximum absolute atomic E-state index is 12.9. The van der Waals surface area contributed by atoms with Crippen molar-refractivity contribution in [3.8, 4) is 0 Å². The van der Waals surface area contributed by atoms with E-state index in [1.807, 2.05) is 26.0 Å². The first-order valence-corrected chi connectivity index (χ1v) is 14.0. The summed E-state index contributed by atoms with van der Waals surface area (Å²) in [5.74, 6) is 0.249. The predicted octanol–water partition coefficient (Wildman–Crippen LogP) is 6.24. The van der Waals surface area contributed by atoms with E-state index in [1.165, 1.54) is 70.0 Å². The van der Waals surface area contributed by atoms with Gasteiger partial charge >= 0.3 is 0 Å². The maximum Gasteiger partial charge on any atom is 0.175 e. The van der Waals surface area contributed by atoms with Crippen LogP contribution in [0.15, 0.2) is 45.1 Å². The topological polar surface area (TPSA) is 59.9 Å². The molecule has 1 aromatic heterocycles. The first kappa shape index (κ1) is 22.8. The van der Waals surface area contributed by atoms with Crippen molar-refractivity contribution in [3.05, 3.63) is 69.8 Å². The SMILES string of the molecule is C[C@H](Sc1nnc(S[C@@H](C)C(=O)c2ccc3c(c2)CCC3)s1)C(=O)c1ccc2c(c1)CCC2. The zero-order chi connectivity index (χ0) is 22.9. The van der Waals surface area contributed by atoms with Crippen LogP contribution in [0.25, 0.3) is 0 Å². The Morgan fingerprint density at radius 1 is 0.727 bits per heavy atom. The van der Waals surface area contributed by atoms with E-state index in [1.54, 1.807) is 0 Å². The summed E-state index contributed by atoms with van der Waals surface area (Å²) in [6.07, 6.45) is 6.72. The van der Waals surface area contributed by atoms with Crippen molar-refractivity contribution in [2.24, 2.45) is 0 Å². The lowest BCUT2D eigenvalue weighted by Gasteiger charge is -2.10. The van der Waals surface area contributed by atoms with E-state index < -0.39 is 0 Å². The van der Waals surface area contributed by atoms with Crippen LogP contribution in [0.3, 0.4) is 0 Å². The number of carbonyl (C=O) groups excluding carboxylic acids is 2. The number of fused-ring (bicyclic) bond motifs is 2. The molecule has 0 bridgehead atoms. The fourth-order valence-electron chi connectivity index (χ4n) is 4.62. The van der Waals surface area contributed by atoms with Crippen LogP contribution in [0.4, 0.5) is 0 Å². The minimum atomic E-state index is -0.235. The highest BCUT2D eigenvalue weighted by Crippen LogP contribution is 2.35. The fourth-order valence-corrected chi connectivity index (χ4v) is 8.08. The Labute approximate surface area is 207 Å². The largest absolute Gasteiger partial charge is 0.293 e. The molecule has 2 aromatic carbocycles. The fraction of sp³-hybridized carbons (Fsp3) is 0.385. The molecule has 0 saturated heterocycles. The lowest BCUT2D eigenvalue weighted by Crippen LogP contribution is -2.13. The zero-order valence-electron chi connectivity index (χ0n) is 18.8. The van der Waals surface area contributed by atoms with Gasteiger partial charge in [0.2, 0.25) is 0 Å². The molecule has 0 unspecified atom stereocenters. The normalized spacial score (nSPS) is 16.3. The van der Waals surface area contributed by atoms with Crippen molar-refractivity contribution >= 4 is 46.4 Å². The monoisotopic (exact) mass is 494 g/mol. The van der Waals surface area contributed by atoms with Crippen LogP contribution < -0.4 is 0 Å². The highest BCUT2D eigenvalue weighted by molar-refractivity contribution is 8.04. The smallest absolute Gasteiger partial charge is 0.175 e. The number of aryl methyl sites for hydroxylation is 4. The summed E-state index contributed by atoms with van der Waals surface area (Å²) in [6, 6.07) is 12.2. The minimum absolute atomic E-state index is 0.124. The number of aromatic nitrogens is 2. The molecule has 0 N–H and O–H groups in total. The van der Waals surface area contributed by atoms with E-state index in [2.05, 4.69) is 34.5 Å². The van der Waals surface area contributed by atoms with Gasteiger partial charge in [-0.25, -0.2) is 0 Å². The van der Waals surface area contributed by atoms with Crippen LogP contribution in [0.2, 0.25) is 0 Å². The maximum atomic E-state index is 12.9. The second-order valence-electron chi connectivity index (χ2n) is 8.76. The van der Waals surface area contributed by atoms with Gasteiger partial charge in [0.15, 0.2) is 20.2 Å². The summed E-state index contributed by atoms with van der Waals surface area (Å²) in [5, 5.41) is 8.07. The Balaban J connectivity index is 1.20. The molecule has 0 saturated carbocycles. The molecule has 2 atom stereocenters. The standard InChI is InChI=1S/C26H26N2O2S3/c1-15(23(29)21-11-9-17-5-3-7-19(17)13-21)31-25-27-28-26(33-25)32-16(2)24(30)22-12-10-18-6-4-8-20(18)14-22/h9-16H,3-8H2,1-2H3/t15-,16-/m0/s1. The number of thioether (sulfide) groups is 2. The Hall–Kier alpha value is -1.96. The average Bonchev–Trinajstić information content (AvgIpc) is 3.57. The Morgan fingerprint density at radius 2 is 1.15 bits per heavy atom. The van der Waals surface area contributed by atoms with Gasteiger partial charge in [0, 0.05) is 11.1 Å². The Bertz CT molecular complexity index is 1130. The quantitative estimate of drug-likeness (QED) is 0.273. The molecular formula is C26H26N2O2S3. The summed E-state index contributed by atoms with van der Waals surface area (Å²) < 4.78 is 1.52. The number of ketones is 2. The molecule has 33 heavy (non-hydrogen) atoms. The van der Waals surface area contributed by atoms with Gasteiger partial charge in [-0.1, -0.05) is 59.1 Å². The predicted molar refractivity (Wildman–Crippen MR) is 136 cm³/mol. The molecule has 2 aliphatic carbocycles. The molecule has 3 aromatic rings. The number of carbonyl (C=O) groups is 2. The van der Waals surface area contributed by atoms with E-state index in [-0.39, 0.29) is 22.1 Å². The van der Waals surface area contributed by atoms with Crippen LogP contribution in [0.1, 0.15) is 69.7 Å². The average molecular weight is 495 g/mol. The summed E-state index contributed by atoms with van der Waals surface area (Å²) in [5.41, 5.74) is 6.94. The summed E-state index contributed by atoms with van der Waals surface area (Å²) >= 11 is 4.34. The minimum Gasteiger partial charge on any atom is -0.293 e. The molecule has 5 rings (SSSR count). The second kappa shape index (κ2) is 9.72. The highest BCUT2D eigenvalue weighted by atomic mass is 32.2. The van der Waals surface area contributed by atoms with Crippen LogP contribution >= 0.6 is 34.9 Å². The van der Waals surface area contributed by atoms with Crippen molar-refractivity contribution in [3.63, 3.8) is 0 Å². The third kappa shape index (κ3) is 4.96. The van der Waals surface area contributed by atoms with Crippen molar-refractivity contribution < 1.29 is 9.59 Å². The van der Waals surface area contributed by atoms with Crippen LogP contribution in [-0.4, -0.2) is 32.3 Å². The Kier molecular flexibility index (Phi) is 6.72. The molecule has 0 amide bonds. The first-order chi connectivity index (χ1) is 16.0. The van der Waals surface area contributed by atoms with Gasteiger partial charge in [-0.3, -0.25) is 9.59 Å². The highest BCUT2D eigenvalue weighted by Gasteiger charge is 2.23. The number of nitrogens with zero attached hydrogens (tertiary/aromatic N) is 2. The molecule has 0 spiro atoms. The van der Waals surface area contributed by atoms with Gasteiger partial charge in [-0.15, -0.1) is 10.2 Å². The summed E-state index contributed by atoms with van der Waals surface area (Å²) in [6.45, 7) is 3.85. The van der Waals surface area contributed by atoms with Crippen molar-refractivity contribution in [1.29, 1.82) is 0 Å². The number of rotatable bonds is 8. The third-order valence-corrected chi connectivity index (χ3v) is 9.74. The molecule has 7 heteroatoms. The van der Waals surface area contributed by atoms with E-state index in [4.69, 9.17) is 0 Å². The van der Waals surface area contributed by atoms with Gasteiger partial charge in [0.1, 0.15) is 0 Å². The van der Waals surface area contributed by atoms with Gasteiger partial charge in [-0.05, 0) is 86.8 Å². The van der Waals surface area contributed by atoms with Gasteiger partial charge in [0.25, 0.3) is 0 Å². The molecule has 4 nitrogen and oxygen atoms in total. The molecule has 0 aliphatic heterocycles. The van der Waals surface area contributed by atoms with Crippen LogP contribution in [-0.2, 0) is 25.7 Å². The van der Waals surface area contributed by atoms with Gasteiger partial charge in [-0.2, -0.15) is 0 Å². The van der Waals surface area contributed by atoms with Crippen molar-refractivity contribution in [2.75, 3.05) is 0 Å². The van der Waals surface area contributed by atoms with Crippen LogP contribution in [0.5, 0.6) is 0 Å². The molecule has 0 radical (unpaired) electrons. The number of benzene rings is 2. The summed E-state index contributed by atoms with van der Waals surface area (Å²) in [4.78, 5) is 25.9. The number of Topliss-reactive ketones (excluding diaryl/α,β-unsaturated/α-hetero) is 2. The first-order valence-electron chi connectivity index (χ1n) is 11.5. The van der Waals surface area contributed by atoms with Gasteiger partial charge in [0.05, 0.1) is 10.5 Å². The van der Waals surface area contributed by atoms with E-state index in [0.717, 1.165) is 45.5 Å². The van der Waals surface area contributed by atoms with Gasteiger partial charge < -0.3 is 0 Å². The third-order valence-electron chi connectivity index (χ3n) is 6.45. The summed E-state index contributed by atoms with van der Waals surface area (Å²) in [7, 11) is 0.